The fraction of sp³-hybridized carbons (Fsp3) is 0.0500. The van der Waals surface area contributed by atoms with Gasteiger partial charge in [-0.15, -0.1) is 4.53 Å². The lowest BCUT2D eigenvalue weighted by molar-refractivity contribution is 0.102. The molecule has 0 atom stereocenters. The van der Waals surface area contributed by atoms with Crippen molar-refractivity contribution in [3.05, 3.63) is 84.4 Å². The summed E-state index contributed by atoms with van der Waals surface area (Å²) < 4.78 is 65.4. The number of halogens is 1. The number of sulfonamides is 2. The van der Waals surface area contributed by atoms with Crippen LogP contribution in [0, 0.1) is 0 Å². The molecule has 0 aliphatic rings. The third-order valence-electron chi connectivity index (χ3n) is 4.10. The van der Waals surface area contributed by atoms with Gasteiger partial charge in [-0.05, 0) is 36.4 Å². The molecule has 0 bridgehead atoms. The van der Waals surface area contributed by atoms with Crippen LogP contribution in [0.2, 0.25) is 0 Å². The van der Waals surface area contributed by atoms with E-state index in [4.69, 9.17) is 0 Å². The van der Waals surface area contributed by atoms with Gasteiger partial charge < -0.3 is 5.32 Å². The number of para-hydroxylation sites is 1. The molecule has 3 rings (SSSR count). The Bertz CT molecular complexity index is 1300. The molecule has 0 aromatic heterocycles. The van der Waals surface area contributed by atoms with Crippen LogP contribution in [0.4, 0.5) is 21.5 Å². The molecule has 3 aromatic rings. The lowest BCUT2D eigenvalue weighted by Crippen LogP contribution is -2.24. The SMILES string of the molecule is CS(=O)(=O)N(F)c1cccc(NC(=O)c2ccccc2)c1NS(=O)(=O)c1ccccc1. The van der Waals surface area contributed by atoms with Gasteiger partial charge in [-0.25, -0.2) is 16.8 Å². The van der Waals surface area contributed by atoms with Gasteiger partial charge in [0.1, 0.15) is 5.69 Å². The van der Waals surface area contributed by atoms with Gasteiger partial charge >= 0.3 is 0 Å². The highest BCUT2D eigenvalue weighted by Crippen LogP contribution is 2.37. The fourth-order valence-corrected chi connectivity index (χ4v) is 4.28. The molecule has 0 aliphatic heterocycles. The molecule has 31 heavy (non-hydrogen) atoms. The van der Waals surface area contributed by atoms with E-state index in [0.29, 0.717) is 6.26 Å². The first kappa shape index (κ1) is 22.2. The molecule has 0 saturated carbocycles. The predicted molar refractivity (Wildman–Crippen MR) is 117 cm³/mol. The van der Waals surface area contributed by atoms with E-state index in [-0.39, 0.29) is 16.1 Å². The van der Waals surface area contributed by atoms with Crippen molar-refractivity contribution in [1.29, 1.82) is 0 Å². The molecule has 1 amide bonds. The maximum Gasteiger partial charge on any atom is 0.262 e. The summed E-state index contributed by atoms with van der Waals surface area (Å²) in [5.41, 5.74) is -0.904. The van der Waals surface area contributed by atoms with Gasteiger partial charge in [-0.3, -0.25) is 9.52 Å². The Hall–Kier alpha value is -3.44. The molecule has 0 unspecified atom stereocenters. The van der Waals surface area contributed by atoms with Crippen LogP contribution in [-0.4, -0.2) is 29.0 Å². The van der Waals surface area contributed by atoms with Crippen LogP contribution in [0.5, 0.6) is 0 Å². The second kappa shape index (κ2) is 8.74. The van der Waals surface area contributed by atoms with Crippen molar-refractivity contribution in [2.75, 3.05) is 20.8 Å². The molecule has 0 fully saturated rings. The summed E-state index contributed by atoms with van der Waals surface area (Å²) in [7, 11) is -8.60. The van der Waals surface area contributed by atoms with Crippen LogP contribution < -0.4 is 14.6 Å². The van der Waals surface area contributed by atoms with E-state index >= 15 is 0 Å². The van der Waals surface area contributed by atoms with Gasteiger partial charge in [-0.1, -0.05) is 46.9 Å². The topological polar surface area (TPSA) is 113 Å². The smallest absolute Gasteiger partial charge is 0.262 e. The first-order valence-corrected chi connectivity index (χ1v) is 12.2. The Kier molecular flexibility index (Phi) is 6.27. The van der Waals surface area contributed by atoms with E-state index in [1.54, 1.807) is 24.3 Å². The monoisotopic (exact) mass is 463 g/mol. The Morgan fingerprint density at radius 2 is 1.42 bits per heavy atom. The van der Waals surface area contributed by atoms with Crippen molar-refractivity contribution in [1.82, 2.24) is 0 Å². The molecule has 0 heterocycles. The van der Waals surface area contributed by atoms with Crippen molar-refractivity contribution in [2.45, 2.75) is 4.90 Å². The number of nitrogens with one attached hydrogen (secondary N) is 2. The van der Waals surface area contributed by atoms with Crippen molar-refractivity contribution < 1.29 is 26.1 Å². The first-order chi connectivity index (χ1) is 14.6. The maximum atomic E-state index is 14.6. The molecule has 8 nitrogen and oxygen atoms in total. The van der Waals surface area contributed by atoms with E-state index in [1.165, 1.54) is 48.5 Å². The zero-order chi connectivity index (χ0) is 22.6. The van der Waals surface area contributed by atoms with Crippen LogP contribution >= 0.6 is 0 Å². The predicted octanol–water partition coefficient (Wildman–Crippen LogP) is 3.39. The zero-order valence-electron chi connectivity index (χ0n) is 16.2. The van der Waals surface area contributed by atoms with E-state index in [1.807, 2.05) is 0 Å². The van der Waals surface area contributed by atoms with E-state index in [2.05, 4.69) is 10.0 Å². The number of rotatable bonds is 7. The highest BCUT2D eigenvalue weighted by atomic mass is 32.2. The molecular weight excluding hydrogens is 445 g/mol. The molecule has 0 saturated heterocycles. The number of benzene rings is 3. The molecular formula is C20H18FN3O5S2. The third kappa shape index (κ3) is 5.19. The molecule has 162 valence electrons. The van der Waals surface area contributed by atoms with Gasteiger partial charge in [0.25, 0.3) is 26.0 Å². The van der Waals surface area contributed by atoms with Gasteiger partial charge in [0.05, 0.1) is 22.5 Å². The second-order valence-electron chi connectivity index (χ2n) is 6.42. The lowest BCUT2D eigenvalue weighted by atomic mass is 10.2. The van der Waals surface area contributed by atoms with Crippen LogP contribution in [0.3, 0.4) is 0 Å². The van der Waals surface area contributed by atoms with Crippen LogP contribution in [0.15, 0.2) is 83.8 Å². The number of nitrogens with zero attached hydrogens (tertiary/aromatic N) is 1. The minimum Gasteiger partial charge on any atom is -0.320 e. The summed E-state index contributed by atoms with van der Waals surface area (Å²) in [6, 6.07) is 19.0. The highest BCUT2D eigenvalue weighted by molar-refractivity contribution is 7.93. The molecule has 11 heteroatoms. The number of carbonyl (C=O) groups is 1. The van der Waals surface area contributed by atoms with E-state index < -0.39 is 41.9 Å². The van der Waals surface area contributed by atoms with Crippen molar-refractivity contribution in [3.8, 4) is 0 Å². The zero-order valence-corrected chi connectivity index (χ0v) is 17.8. The average molecular weight is 464 g/mol. The van der Waals surface area contributed by atoms with Crippen molar-refractivity contribution in [3.63, 3.8) is 0 Å². The van der Waals surface area contributed by atoms with Crippen molar-refractivity contribution >= 4 is 43.0 Å². The van der Waals surface area contributed by atoms with Gasteiger partial charge in [0.2, 0.25) is 0 Å². The molecule has 3 aromatic carbocycles. The second-order valence-corrected chi connectivity index (χ2v) is 9.89. The summed E-state index contributed by atoms with van der Waals surface area (Å²) in [5.74, 6) is -0.595. The Morgan fingerprint density at radius 1 is 0.839 bits per heavy atom. The van der Waals surface area contributed by atoms with Crippen LogP contribution in [-0.2, 0) is 20.0 Å². The molecule has 0 aliphatic carbocycles. The standard InChI is InChI=1S/C20H18FN3O5S2/c1-30(26,27)24(21)18-14-8-13-17(22-20(25)15-9-4-2-5-10-15)19(18)23-31(28,29)16-11-6-3-7-12-16/h2-14,23H,1H3,(H,22,25). The van der Waals surface area contributed by atoms with Crippen LogP contribution in [0.1, 0.15) is 10.4 Å². The number of hydrogen-bond acceptors (Lipinski definition) is 5. The average Bonchev–Trinajstić information content (AvgIpc) is 2.75. The molecule has 0 spiro atoms. The van der Waals surface area contributed by atoms with Gasteiger partial charge in [0, 0.05) is 5.56 Å². The third-order valence-corrected chi connectivity index (χ3v) is 6.24. The summed E-state index contributed by atoms with van der Waals surface area (Å²) in [4.78, 5) is 12.4. The Labute approximate surface area is 179 Å². The first-order valence-electron chi connectivity index (χ1n) is 8.83. The summed E-state index contributed by atoms with van der Waals surface area (Å²) in [6.45, 7) is 0. The van der Waals surface area contributed by atoms with Crippen molar-refractivity contribution in [2.24, 2.45) is 0 Å². The number of hydrogen-bond donors (Lipinski definition) is 2. The van der Waals surface area contributed by atoms with Crippen LogP contribution in [0.25, 0.3) is 0 Å². The molecule has 0 radical (unpaired) electrons. The highest BCUT2D eigenvalue weighted by Gasteiger charge is 2.26. The normalized spacial score (nSPS) is 11.5. The van der Waals surface area contributed by atoms with Gasteiger partial charge in [-0.2, -0.15) is 0 Å². The maximum absolute atomic E-state index is 14.6. The minimum atomic E-state index is -4.38. The van der Waals surface area contributed by atoms with Gasteiger partial charge in [0.15, 0.2) is 0 Å². The largest absolute Gasteiger partial charge is 0.320 e. The Morgan fingerprint density at radius 3 is 2.00 bits per heavy atom. The van der Waals surface area contributed by atoms with E-state index in [0.717, 1.165) is 6.07 Å². The molecule has 2 N–H and O–H groups in total. The number of amides is 1. The van der Waals surface area contributed by atoms with E-state index in [9.17, 15) is 26.1 Å². The summed E-state index contributed by atoms with van der Waals surface area (Å²) in [5, 5.41) is 2.49. The lowest BCUT2D eigenvalue weighted by Gasteiger charge is -2.20. The number of anilines is 3. The summed E-state index contributed by atoms with van der Waals surface area (Å²) >= 11 is 0. The number of carbonyl (C=O) groups excluding carboxylic acids is 1. The Balaban J connectivity index is 2.10. The summed E-state index contributed by atoms with van der Waals surface area (Å²) in [6.07, 6.45) is 0.623. The quantitative estimate of drug-likeness (QED) is 0.522. The fourth-order valence-electron chi connectivity index (χ4n) is 2.65. The minimum absolute atomic E-state index is 0.128.